The van der Waals surface area contributed by atoms with Crippen molar-refractivity contribution in [2.24, 2.45) is 0 Å². The molecule has 0 spiro atoms. The van der Waals surface area contributed by atoms with Crippen LogP contribution in [0.25, 0.3) is 60.4 Å². The van der Waals surface area contributed by atoms with Crippen LogP contribution in [0.5, 0.6) is 0 Å². The minimum atomic E-state index is 0.840. The Morgan fingerprint density at radius 3 is 1.62 bits per heavy atom. The SMILES string of the molecule is c1ccc(-c2ccc3c(c2)oc2cc(N(c4ccc5c6c(n(-c7ccccc7)c5c4)N(c4ccccc4)c4ccccc4N6c4ccccc4)c4cccc5ccccc45)ccc23)cc1. The smallest absolute Gasteiger partial charge is 0.148 e. The highest BCUT2D eigenvalue weighted by atomic mass is 16.3. The molecule has 5 heteroatoms. The monoisotopic (exact) mass is 832 g/mol. The molecular weight excluding hydrogens is 793 g/mol. The van der Waals surface area contributed by atoms with Crippen molar-refractivity contribution in [3.05, 3.63) is 243 Å². The molecular formula is C60H40N4O. The molecule has 0 unspecified atom stereocenters. The van der Waals surface area contributed by atoms with E-state index in [1.807, 2.05) is 0 Å². The number of furan rings is 1. The van der Waals surface area contributed by atoms with Gasteiger partial charge in [-0.2, -0.15) is 0 Å². The van der Waals surface area contributed by atoms with Crippen LogP contribution < -0.4 is 14.7 Å². The molecule has 3 heterocycles. The van der Waals surface area contributed by atoms with E-state index in [0.29, 0.717) is 0 Å². The number of para-hydroxylation sites is 5. The molecule has 13 rings (SSSR count). The Hall–Kier alpha value is -8.80. The lowest BCUT2D eigenvalue weighted by atomic mass is 10.0. The van der Waals surface area contributed by atoms with Gasteiger partial charge in [0.25, 0.3) is 0 Å². The van der Waals surface area contributed by atoms with E-state index in [-0.39, 0.29) is 0 Å². The molecule has 0 amide bonds. The lowest BCUT2D eigenvalue weighted by Gasteiger charge is -2.39. The van der Waals surface area contributed by atoms with Gasteiger partial charge in [0.2, 0.25) is 0 Å². The molecule has 0 radical (unpaired) electrons. The molecule has 0 aliphatic carbocycles. The van der Waals surface area contributed by atoms with Gasteiger partial charge in [-0.25, -0.2) is 0 Å². The lowest BCUT2D eigenvalue weighted by molar-refractivity contribution is 0.669. The van der Waals surface area contributed by atoms with Crippen molar-refractivity contribution in [1.82, 2.24) is 4.57 Å². The van der Waals surface area contributed by atoms with E-state index < -0.39 is 0 Å². The van der Waals surface area contributed by atoms with E-state index in [2.05, 4.69) is 262 Å². The third-order valence-electron chi connectivity index (χ3n) is 12.8. The van der Waals surface area contributed by atoms with E-state index in [1.54, 1.807) is 0 Å². The maximum atomic E-state index is 6.76. The second-order valence-electron chi connectivity index (χ2n) is 16.6. The normalized spacial score (nSPS) is 12.2. The second kappa shape index (κ2) is 14.9. The Bertz CT molecular complexity index is 3720. The number of anilines is 9. The fourth-order valence-electron chi connectivity index (χ4n) is 9.96. The van der Waals surface area contributed by atoms with Gasteiger partial charge in [-0.3, -0.25) is 9.47 Å². The van der Waals surface area contributed by atoms with Crippen molar-refractivity contribution in [2.75, 3.05) is 14.7 Å². The summed E-state index contributed by atoms with van der Waals surface area (Å²) in [5.74, 6) is 1.06. The number of hydrogen-bond acceptors (Lipinski definition) is 4. The van der Waals surface area contributed by atoms with Crippen molar-refractivity contribution in [3.63, 3.8) is 0 Å². The topological polar surface area (TPSA) is 27.8 Å². The number of hydrogen-bond donors (Lipinski definition) is 0. The fraction of sp³-hybridized carbons (Fsp3) is 0. The zero-order chi connectivity index (χ0) is 42.8. The van der Waals surface area contributed by atoms with Gasteiger partial charge in [0.1, 0.15) is 17.0 Å². The van der Waals surface area contributed by atoms with Gasteiger partial charge in [-0.05, 0) is 114 Å². The van der Waals surface area contributed by atoms with Crippen molar-refractivity contribution in [3.8, 4) is 16.8 Å². The van der Waals surface area contributed by atoms with Crippen LogP contribution in [0.4, 0.5) is 51.3 Å². The predicted octanol–water partition coefficient (Wildman–Crippen LogP) is 17.1. The molecule has 65 heavy (non-hydrogen) atoms. The van der Waals surface area contributed by atoms with E-state index in [9.17, 15) is 0 Å². The average molecular weight is 833 g/mol. The van der Waals surface area contributed by atoms with Gasteiger partial charge in [-0.1, -0.05) is 140 Å². The molecule has 306 valence electrons. The van der Waals surface area contributed by atoms with Crippen LogP contribution in [0.2, 0.25) is 0 Å². The molecule has 1 aliphatic rings. The van der Waals surface area contributed by atoms with Gasteiger partial charge in [0, 0.05) is 56.0 Å². The van der Waals surface area contributed by atoms with Crippen LogP contribution in [0.3, 0.4) is 0 Å². The first-order chi connectivity index (χ1) is 32.3. The Morgan fingerprint density at radius 2 is 0.892 bits per heavy atom. The molecule has 0 N–H and O–H groups in total. The van der Waals surface area contributed by atoms with Crippen LogP contribution in [0.1, 0.15) is 0 Å². The van der Waals surface area contributed by atoms with Crippen molar-refractivity contribution in [1.29, 1.82) is 0 Å². The van der Waals surface area contributed by atoms with Gasteiger partial charge < -0.3 is 14.2 Å². The molecule has 0 atom stereocenters. The van der Waals surface area contributed by atoms with Crippen LogP contribution in [0, 0.1) is 0 Å². The molecule has 0 bridgehead atoms. The zero-order valence-corrected chi connectivity index (χ0v) is 35.3. The number of benzene rings is 10. The van der Waals surface area contributed by atoms with E-state index in [0.717, 1.165) is 106 Å². The summed E-state index contributed by atoms with van der Waals surface area (Å²) < 4.78 is 9.21. The minimum Gasteiger partial charge on any atom is -0.456 e. The molecule has 5 nitrogen and oxygen atoms in total. The Labute approximate surface area is 376 Å². The van der Waals surface area contributed by atoms with Gasteiger partial charge >= 0.3 is 0 Å². The summed E-state index contributed by atoms with van der Waals surface area (Å²) in [5.41, 5.74) is 14.8. The van der Waals surface area contributed by atoms with E-state index in [1.165, 1.54) is 5.39 Å². The van der Waals surface area contributed by atoms with Gasteiger partial charge in [0.15, 0.2) is 0 Å². The van der Waals surface area contributed by atoms with E-state index in [4.69, 9.17) is 4.42 Å². The van der Waals surface area contributed by atoms with Gasteiger partial charge in [-0.15, -0.1) is 0 Å². The average Bonchev–Trinajstić information content (AvgIpc) is 3.91. The molecule has 0 fully saturated rings. The number of aromatic nitrogens is 1. The Morgan fingerprint density at radius 1 is 0.354 bits per heavy atom. The maximum Gasteiger partial charge on any atom is 0.148 e. The molecule has 2 aromatic heterocycles. The summed E-state index contributed by atoms with van der Waals surface area (Å²) in [4.78, 5) is 7.26. The summed E-state index contributed by atoms with van der Waals surface area (Å²) in [5, 5.41) is 5.65. The molecule has 1 aliphatic heterocycles. The minimum absolute atomic E-state index is 0.840. The highest BCUT2D eigenvalue weighted by Gasteiger charge is 2.37. The summed E-state index contributed by atoms with van der Waals surface area (Å²) in [6.45, 7) is 0. The Kier molecular flexibility index (Phi) is 8.46. The number of fused-ring (bicyclic) bond motifs is 8. The number of rotatable bonds is 7. The fourth-order valence-corrected chi connectivity index (χ4v) is 9.96. The van der Waals surface area contributed by atoms with Crippen molar-refractivity contribution < 1.29 is 4.42 Å². The van der Waals surface area contributed by atoms with Crippen LogP contribution >= 0.6 is 0 Å². The van der Waals surface area contributed by atoms with Crippen molar-refractivity contribution >= 4 is 94.9 Å². The lowest BCUT2D eigenvalue weighted by Crippen LogP contribution is -2.25. The Balaban J connectivity index is 1.09. The zero-order valence-electron chi connectivity index (χ0n) is 35.3. The maximum absolute atomic E-state index is 6.76. The van der Waals surface area contributed by atoms with Crippen molar-refractivity contribution in [2.45, 2.75) is 0 Å². The largest absolute Gasteiger partial charge is 0.456 e. The molecule has 10 aromatic carbocycles. The van der Waals surface area contributed by atoms with Crippen LogP contribution in [-0.2, 0) is 0 Å². The summed E-state index contributed by atoms with van der Waals surface area (Å²) in [6, 6.07) is 86.9. The van der Waals surface area contributed by atoms with E-state index >= 15 is 0 Å². The summed E-state index contributed by atoms with van der Waals surface area (Å²) in [6.07, 6.45) is 0. The third kappa shape index (κ3) is 5.94. The molecule has 0 saturated heterocycles. The summed E-state index contributed by atoms with van der Waals surface area (Å²) >= 11 is 0. The molecule has 0 saturated carbocycles. The first-order valence-electron chi connectivity index (χ1n) is 22.1. The predicted molar refractivity (Wildman–Crippen MR) is 271 cm³/mol. The highest BCUT2D eigenvalue weighted by molar-refractivity contribution is 6.14. The standard InChI is InChI=1S/C60H40N4O/c1-5-18-41(19-6-1)43-32-35-50-51-36-33-48(40-58(51)65-57(50)38-43)61(53-31-17-21-42-20-13-14-28-49(42)53)47-34-37-52-56(39-47)64(46-26-11-4-12-27-46)60-59(52)62(44-22-7-2-8-23-44)54-29-15-16-30-55(54)63(60)45-24-9-3-10-25-45/h1-40H. The number of nitrogens with zero attached hydrogens (tertiary/aromatic N) is 4. The second-order valence-corrected chi connectivity index (χ2v) is 16.6. The van der Waals surface area contributed by atoms with Crippen LogP contribution in [0.15, 0.2) is 247 Å². The first kappa shape index (κ1) is 36.8. The summed E-state index contributed by atoms with van der Waals surface area (Å²) in [7, 11) is 0. The third-order valence-corrected chi connectivity index (χ3v) is 12.8. The molecule has 12 aromatic rings. The quantitative estimate of drug-likeness (QED) is 0.160. The first-order valence-corrected chi connectivity index (χ1v) is 22.1. The van der Waals surface area contributed by atoms with Gasteiger partial charge in [0.05, 0.1) is 28.3 Å². The van der Waals surface area contributed by atoms with Crippen LogP contribution in [-0.4, -0.2) is 4.57 Å². The highest BCUT2D eigenvalue weighted by Crippen LogP contribution is 2.59.